The molecule has 13 heteroatoms. The van der Waals surface area contributed by atoms with Crippen LogP contribution < -0.4 is 20.5 Å². The van der Waals surface area contributed by atoms with Crippen molar-refractivity contribution in [1.29, 1.82) is 0 Å². The Hall–Kier alpha value is -2.64. The summed E-state index contributed by atoms with van der Waals surface area (Å²) in [6.07, 6.45) is 7.87. The van der Waals surface area contributed by atoms with Crippen molar-refractivity contribution in [3.8, 4) is 5.88 Å². The van der Waals surface area contributed by atoms with Gasteiger partial charge in [-0.15, -0.1) is 0 Å². The van der Waals surface area contributed by atoms with Crippen LogP contribution in [-0.4, -0.2) is 61.1 Å². The Bertz CT molecular complexity index is 1180. The van der Waals surface area contributed by atoms with Gasteiger partial charge in [-0.2, -0.15) is 13.5 Å². The molecule has 4 saturated carbocycles. The number of aromatic nitrogens is 2. The zero-order valence-electron chi connectivity index (χ0n) is 22.6. The van der Waals surface area contributed by atoms with E-state index in [1.165, 1.54) is 18.0 Å². The molecule has 38 heavy (non-hydrogen) atoms. The predicted octanol–water partition coefficient (Wildman–Crippen LogP) is 2.42. The zero-order chi connectivity index (χ0) is 27.9. The molecule has 5 rings (SSSR count). The molecule has 0 aliphatic heterocycles. The summed E-state index contributed by atoms with van der Waals surface area (Å²) in [4.78, 5) is 25.2. The summed E-state index contributed by atoms with van der Waals surface area (Å²) in [7, 11) is -2.77. The average molecular weight is 554 g/mol. The standard InChI is InChI=1S/C25H39N5O7S/c1-15(2)14-36-22-19(13-27-30(22)7-6-24(3,4)29-23(32)35-5)21(31)28-20-17-8-16-9-18(20)12-25(10-16,11-17)37-38(26,33)34/h6-7,13,15-18,20H,8-12,14H2,1-5H3,(H,28,31)(H,29,32)(H2,26,33,34). The molecule has 12 nitrogen and oxygen atoms in total. The van der Waals surface area contributed by atoms with Gasteiger partial charge >= 0.3 is 16.4 Å². The van der Waals surface area contributed by atoms with E-state index in [1.54, 1.807) is 26.1 Å². The molecule has 1 aromatic rings. The van der Waals surface area contributed by atoms with Crippen molar-refractivity contribution in [3.63, 3.8) is 0 Å². The number of methoxy groups -OCH3 is 1. The van der Waals surface area contributed by atoms with Crippen molar-refractivity contribution in [2.45, 2.75) is 77.0 Å². The highest BCUT2D eigenvalue weighted by atomic mass is 32.2. The van der Waals surface area contributed by atoms with Crippen LogP contribution >= 0.6 is 0 Å². The number of carbonyl (C=O) groups excluding carboxylic acids is 2. The van der Waals surface area contributed by atoms with Crippen LogP contribution in [0.15, 0.2) is 12.3 Å². The molecule has 2 unspecified atom stereocenters. The molecule has 0 aromatic carbocycles. The number of ether oxygens (including phenoxy) is 2. The van der Waals surface area contributed by atoms with E-state index in [9.17, 15) is 18.0 Å². The van der Waals surface area contributed by atoms with E-state index in [-0.39, 0.29) is 29.7 Å². The number of nitrogens with one attached hydrogen (secondary N) is 2. The van der Waals surface area contributed by atoms with Gasteiger partial charge in [0, 0.05) is 12.2 Å². The summed E-state index contributed by atoms with van der Waals surface area (Å²) >= 11 is 0. The van der Waals surface area contributed by atoms with E-state index in [4.69, 9.17) is 14.1 Å². The monoisotopic (exact) mass is 553 g/mol. The number of amides is 2. The van der Waals surface area contributed by atoms with Gasteiger partial charge in [0.1, 0.15) is 5.56 Å². The lowest BCUT2D eigenvalue weighted by molar-refractivity contribution is -0.118. The minimum absolute atomic E-state index is 0.101. The zero-order valence-corrected chi connectivity index (χ0v) is 23.4. The third-order valence-corrected chi connectivity index (χ3v) is 8.18. The van der Waals surface area contributed by atoms with E-state index in [2.05, 4.69) is 20.5 Å². The van der Waals surface area contributed by atoms with E-state index >= 15 is 0 Å². The first-order valence-electron chi connectivity index (χ1n) is 13.0. The highest BCUT2D eigenvalue weighted by Gasteiger charge is 2.57. The summed E-state index contributed by atoms with van der Waals surface area (Å²) in [6.45, 7) is 7.99. The Kier molecular flexibility index (Phi) is 7.84. The quantitative estimate of drug-likeness (QED) is 0.398. The molecule has 212 valence electrons. The van der Waals surface area contributed by atoms with Crippen molar-refractivity contribution in [2.75, 3.05) is 13.7 Å². The number of carbonyl (C=O) groups is 2. The molecule has 4 aliphatic rings. The topological polar surface area (TPSA) is 164 Å². The first kappa shape index (κ1) is 28.4. The Morgan fingerprint density at radius 2 is 1.92 bits per heavy atom. The maximum atomic E-state index is 13.5. The van der Waals surface area contributed by atoms with Crippen LogP contribution in [0.3, 0.4) is 0 Å². The predicted molar refractivity (Wildman–Crippen MR) is 139 cm³/mol. The van der Waals surface area contributed by atoms with Crippen LogP contribution in [-0.2, 0) is 19.2 Å². The summed E-state index contributed by atoms with van der Waals surface area (Å²) in [6, 6.07) is -0.101. The lowest BCUT2D eigenvalue weighted by Crippen LogP contribution is -2.63. The maximum absolute atomic E-state index is 13.5. The molecule has 2 atom stereocenters. The molecular weight excluding hydrogens is 514 g/mol. The molecule has 2 amide bonds. The van der Waals surface area contributed by atoms with Gasteiger partial charge in [-0.05, 0) is 75.7 Å². The summed E-state index contributed by atoms with van der Waals surface area (Å²) < 4.78 is 41.0. The summed E-state index contributed by atoms with van der Waals surface area (Å²) in [5.41, 5.74) is -1.21. The number of hydrogen-bond acceptors (Lipinski definition) is 8. The molecule has 4 N–H and O–H groups in total. The molecule has 1 heterocycles. The average Bonchev–Trinajstić information content (AvgIpc) is 3.19. The molecule has 4 bridgehead atoms. The number of nitrogens with zero attached hydrogens (tertiary/aromatic N) is 2. The largest absolute Gasteiger partial charge is 0.477 e. The summed E-state index contributed by atoms with van der Waals surface area (Å²) in [5, 5.41) is 15.5. The van der Waals surface area contributed by atoms with Crippen LogP contribution in [0, 0.1) is 23.7 Å². The van der Waals surface area contributed by atoms with Crippen LogP contribution in [0.4, 0.5) is 4.79 Å². The minimum atomic E-state index is -4.06. The van der Waals surface area contributed by atoms with E-state index < -0.39 is 27.5 Å². The smallest absolute Gasteiger partial charge is 0.407 e. The van der Waals surface area contributed by atoms with Crippen molar-refractivity contribution >= 4 is 28.5 Å². The maximum Gasteiger partial charge on any atom is 0.407 e. The van der Waals surface area contributed by atoms with Crippen molar-refractivity contribution in [2.24, 2.45) is 28.8 Å². The van der Waals surface area contributed by atoms with Gasteiger partial charge in [0.2, 0.25) is 5.88 Å². The first-order chi connectivity index (χ1) is 17.7. The molecule has 0 radical (unpaired) electrons. The van der Waals surface area contributed by atoms with Crippen LogP contribution in [0.1, 0.15) is 70.2 Å². The van der Waals surface area contributed by atoms with Gasteiger partial charge < -0.3 is 20.1 Å². The van der Waals surface area contributed by atoms with Crippen molar-refractivity contribution in [1.82, 2.24) is 20.4 Å². The first-order valence-corrected chi connectivity index (χ1v) is 14.5. The second-order valence-corrected chi connectivity index (χ2v) is 13.0. The van der Waals surface area contributed by atoms with Crippen LogP contribution in [0.5, 0.6) is 5.88 Å². The van der Waals surface area contributed by atoms with Crippen LogP contribution in [0.2, 0.25) is 0 Å². The Morgan fingerprint density at radius 3 is 2.50 bits per heavy atom. The number of nitrogens with two attached hydrogens (primary N) is 1. The lowest BCUT2D eigenvalue weighted by atomic mass is 9.52. The highest BCUT2D eigenvalue weighted by molar-refractivity contribution is 7.84. The fraction of sp³-hybridized carbons (Fsp3) is 0.720. The van der Waals surface area contributed by atoms with Gasteiger partial charge in [-0.25, -0.2) is 14.6 Å². The van der Waals surface area contributed by atoms with Crippen molar-refractivity contribution in [3.05, 3.63) is 17.8 Å². The SMILES string of the molecule is COC(=O)NC(C)(C)C=Cn1ncc(C(=O)NC2C3CC4CC2CC(OS(N)(=O)=O)(C4)C3)c1OCC(C)C. The fourth-order valence-electron chi connectivity index (χ4n) is 6.38. The van der Waals surface area contributed by atoms with Gasteiger partial charge in [-0.1, -0.05) is 13.8 Å². The van der Waals surface area contributed by atoms with Gasteiger partial charge in [0.25, 0.3) is 5.91 Å². The second kappa shape index (κ2) is 10.5. The lowest BCUT2D eigenvalue weighted by Gasteiger charge is -2.58. The highest BCUT2D eigenvalue weighted by Crippen LogP contribution is 2.57. The minimum Gasteiger partial charge on any atom is -0.477 e. The number of rotatable bonds is 10. The Labute approximate surface area is 223 Å². The van der Waals surface area contributed by atoms with E-state index in [0.717, 1.165) is 12.8 Å². The third kappa shape index (κ3) is 6.49. The molecule has 4 aliphatic carbocycles. The van der Waals surface area contributed by atoms with E-state index in [1.807, 2.05) is 13.8 Å². The second-order valence-electron chi connectivity index (χ2n) is 11.9. The van der Waals surface area contributed by atoms with E-state index in [0.29, 0.717) is 43.2 Å². The molecule has 4 fully saturated rings. The third-order valence-electron chi connectivity index (χ3n) is 7.60. The molecular formula is C25H39N5O7S. The Morgan fingerprint density at radius 1 is 1.26 bits per heavy atom. The van der Waals surface area contributed by atoms with Crippen LogP contribution in [0.25, 0.3) is 6.20 Å². The van der Waals surface area contributed by atoms with Crippen molar-refractivity contribution < 1.29 is 31.7 Å². The molecule has 0 saturated heterocycles. The molecule has 1 aromatic heterocycles. The molecule has 0 spiro atoms. The van der Waals surface area contributed by atoms with Gasteiger partial charge in [-0.3, -0.25) is 8.98 Å². The normalized spacial score (nSPS) is 28.6. The Balaban J connectivity index is 1.52. The fourth-order valence-corrected chi connectivity index (χ4v) is 7.07. The van der Waals surface area contributed by atoms with Gasteiger partial charge in [0.05, 0.1) is 31.1 Å². The number of hydrogen-bond donors (Lipinski definition) is 3. The summed E-state index contributed by atoms with van der Waals surface area (Å²) in [5.74, 6) is 0.796. The number of alkyl carbamates (subject to hydrolysis) is 1. The van der Waals surface area contributed by atoms with Gasteiger partial charge in [0.15, 0.2) is 0 Å².